The number of ketones is 1. The number of aromatic nitrogens is 1. The molecule has 1 heterocycles. The molecule has 4 heteroatoms. The van der Waals surface area contributed by atoms with Gasteiger partial charge in [0, 0.05) is 6.20 Å². The molecule has 0 unspecified atom stereocenters. The first kappa shape index (κ1) is 10.7. The molecule has 14 heavy (non-hydrogen) atoms. The van der Waals surface area contributed by atoms with E-state index in [1.165, 1.54) is 0 Å². The zero-order valence-corrected chi connectivity index (χ0v) is 8.45. The summed E-state index contributed by atoms with van der Waals surface area (Å²) < 4.78 is 0. The number of nitrogens with two attached hydrogens (primary N) is 1. The lowest BCUT2D eigenvalue weighted by Gasteiger charge is -2.11. The molecule has 1 rings (SSSR count). The van der Waals surface area contributed by atoms with Gasteiger partial charge >= 0.3 is 0 Å². The van der Waals surface area contributed by atoms with E-state index in [-0.39, 0.29) is 11.8 Å². The van der Waals surface area contributed by atoms with Crippen LogP contribution in [0, 0.1) is 0 Å². The van der Waals surface area contributed by atoms with Gasteiger partial charge in [-0.3, -0.25) is 4.79 Å². The summed E-state index contributed by atoms with van der Waals surface area (Å²) in [5.74, 6) is 0.627. The largest absolute Gasteiger partial charge is 0.384 e. The molecule has 0 aliphatic carbocycles. The lowest BCUT2D eigenvalue weighted by atomic mass is 10.1. The van der Waals surface area contributed by atoms with Crippen molar-refractivity contribution in [3.05, 3.63) is 23.9 Å². The lowest BCUT2D eigenvalue weighted by molar-refractivity contribution is -0.118. The van der Waals surface area contributed by atoms with Crippen molar-refractivity contribution < 1.29 is 4.79 Å². The molecule has 3 N–H and O–H groups in total. The zero-order valence-electron chi connectivity index (χ0n) is 8.45. The Morgan fingerprint density at radius 1 is 1.64 bits per heavy atom. The molecule has 0 fully saturated rings. The molecule has 0 aliphatic rings. The van der Waals surface area contributed by atoms with Crippen LogP contribution in [0.2, 0.25) is 0 Å². The van der Waals surface area contributed by atoms with Crippen LogP contribution in [0.4, 0.5) is 5.82 Å². The Balaban J connectivity index is 2.67. The summed E-state index contributed by atoms with van der Waals surface area (Å²) in [5, 5.41) is 2.96. The normalized spacial score (nSPS) is 12.4. The van der Waals surface area contributed by atoms with Gasteiger partial charge in [0.2, 0.25) is 0 Å². The van der Waals surface area contributed by atoms with Crippen LogP contribution in [-0.2, 0) is 11.2 Å². The second-order valence-corrected chi connectivity index (χ2v) is 3.25. The number of hydrogen-bond acceptors (Lipinski definition) is 4. The van der Waals surface area contributed by atoms with Gasteiger partial charge in [-0.15, -0.1) is 0 Å². The zero-order chi connectivity index (χ0) is 10.6. The van der Waals surface area contributed by atoms with Crippen molar-refractivity contribution in [3.8, 4) is 0 Å². The van der Waals surface area contributed by atoms with E-state index in [2.05, 4.69) is 10.3 Å². The topological polar surface area (TPSA) is 68.0 Å². The lowest BCUT2D eigenvalue weighted by Crippen LogP contribution is -2.34. The summed E-state index contributed by atoms with van der Waals surface area (Å²) in [6.45, 7) is 1.58. The quantitative estimate of drug-likeness (QED) is 0.725. The van der Waals surface area contributed by atoms with Gasteiger partial charge in [0.1, 0.15) is 11.6 Å². The second-order valence-electron chi connectivity index (χ2n) is 3.25. The van der Waals surface area contributed by atoms with Gasteiger partial charge in [-0.25, -0.2) is 4.98 Å². The average Bonchev–Trinajstić information content (AvgIpc) is 2.16. The van der Waals surface area contributed by atoms with Crippen molar-refractivity contribution in [1.29, 1.82) is 0 Å². The van der Waals surface area contributed by atoms with E-state index in [9.17, 15) is 4.79 Å². The Morgan fingerprint density at radius 2 is 2.36 bits per heavy atom. The fraction of sp³-hybridized carbons (Fsp3) is 0.400. The summed E-state index contributed by atoms with van der Waals surface area (Å²) in [7, 11) is 1.77. The molecule has 1 aromatic rings. The Bertz CT molecular complexity index is 308. The van der Waals surface area contributed by atoms with Crippen molar-refractivity contribution in [1.82, 2.24) is 10.3 Å². The van der Waals surface area contributed by atoms with Gasteiger partial charge in [-0.05, 0) is 32.0 Å². The summed E-state index contributed by atoms with van der Waals surface area (Å²) >= 11 is 0. The van der Waals surface area contributed by atoms with Crippen molar-refractivity contribution in [2.45, 2.75) is 19.4 Å². The predicted octanol–water partition coefficient (Wildman–Crippen LogP) is 0.383. The molecular weight excluding hydrogens is 178 g/mol. The van der Waals surface area contributed by atoms with Crippen molar-refractivity contribution in [3.63, 3.8) is 0 Å². The van der Waals surface area contributed by atoms with Gasteiger partial charge in [0.05, 0.1) is 6.04 Å². The molecule has 1 atom stereocenters. The Kier molecular flexibility index (Phi) is 3.59. The fourth-order valence-corrected chi connectivity index (χ4v) is 1.24. The smallest absolute Gasteiger partial charge is 0.147 e. The van der Waals surface area contributed by atoms with Crippen LogP contribution >= 0.6 is 0 Å². The molecule has 4 nitrogen and oxygen atoms in total. The number of nitrogens with one attached hydrogen (secondary N) is 1. The van der Waals surface area contributed by atoms with Crippen LogP contribution in [0.3, 0.4) is 0 Å². The minimum atomic E-state index is -0.138. The number of pyridine rings is 1. The number of nitrogens with zero attached hydrogens (tertiary/aromatic N) is 1. The van der Waals surface area contributed by atoms with Crippen LogP contribution in [0.5, 0.6) is 0 Å². The predicted molar refractivity (Wildman–Crippen MR) is 55.9 cm³/mol. The summed E-state index contributed by atoms with van der Waals surface area (Å²) in [4.78, 5) is 15.1. The van der Waals surface area contributed by atoms with Crippen molar-refractivity contribution in [2.24, 2.45) is 0 Å². The fourth-order valence-electron chi connectivity index (χ4n) is 1.24. The maximum absolute atomic E-state index is 11.1. The summed E-state index contributed by atoms with van der Waals surface area (Å²) in [6, 6.07) is 3.48. The molecule has 0 bridgehead atoms. The number of likely N-dealkylation sites (N-methyl/N-ethyl adjacent to an activating group) is 1. The maximum atomic E-state index is 11.1. The number of nitrogen functional groups attached to an aromatic ring is 1. The number of carbonyl (C=O) groups is 1. The van der Waals surface area contributed by atoms with E-state index < -0.39 is 0 Å². The maximum Gasteiger partial charge on any atom is 0.147 e. The van der Waals surface area contributed by atoms with E-state index in [0.29, 0.717) is 12.2 Å². The van der Waals surface area contributed by atoms with Crippen molar-refractivity contribution >= 4 is 11.6 Å². The highest BCUT2D eigenvalue weighted by atomic mass is 16.1. The SMILES string of the molecule is CN[C@@H](Cc1ccc(N)nc1)C(C)=O. The molecule has 0 spiro atoms. The standard InChI is InChI=1S/C10H15N3O/c1-7(14)9(12-2)5-8-3-4-10(11)13-6-8/h3-4,6,9,12H,5H2,1-2H3,(H2,11,13)/t9-/m0/s1. The van der Waals surface area contributed by atoms with E-state index in [1.54, 1.807) is 26.2 Å². The Morgan fingerprint density at radius 3 is 2.79 bits per heavy atom. The third-order valence-corrected chi connectivity index (χ3v) is 2.13. The van der Waals surface area contributed by atoms with E-state index in [1.807, 2.05) is 6.07 Å². The van der Waals surface area contributed by atoms with E-state index in [4.69, 9.17) is 5.73 Å². The first-order valence-electron chi connectivity index (χ1n) is 4.51. The van der Waals surface area contributed by atoms with Crippen LogP contribution in [0.1, 0.15) is 12.5 Å². The minimum absolute atomic E-state index is 0.129. The van der Waals surface area contributed by atoms with Crippen LogP contribution in [0.15, 0.2) is 18.3 Å². The number of Topliss-reactive ketones (excluding diaryl/α,β-unsaturated/α-hetero) is 1. The molecule has 0 aromatic carbocycles. The average molecular weight is 193 g/mol. The third kappa shape index (κ3) is 2.81. The van der Waals surface area contributed by atoms with Gasteiger partial charge in [-0.2, -0.15) is 0 Å². The van der Waals surface area contributed by atoms with Crippen molar-refractivity contribution in [2.75, 3.05) is 12.8 Å². The molecule has 1 aromatic heterocycles. The van der Waals surface area contributed by atoms with Crippen LogP contribution in [-0.4, -0.2) is 23.9 Å². The van der Waals surface area contributed by atoms with Gasteiger partial charge in [-0.1, -0.05) is 6.07 Å². The molecule has 0 radical (unpaired) electrons. The van der Waals surface area contributed by atoms with Gasteiger partial charge in [0.15, 0.2) is 0 Å². The van der Waals surface area contributed by atoms with E-state index >= 15 is 0 Å². The molecule has 0 saturated carbocycles. The molecule has 0 saturated heterocycles. The molecule has 76 valence electrons. The van der Waals surface area contributed by atoms with E-state index in [0.717, 1.165) is 5.56 Å². The first-order valence-corrected chi connectivity index (χ1v) is 4.51. The highest BCUT2D eigenvalue weighted by Crippen LogP contribution is 2.04. The summed E-state index contributed by atoms with van der Waals surface area (Å²) in [5.41, 5.74) is 6.46. The number of carbonyl (C=O) groups excluding carboxylic acids is 1. The Hall–Kier alpha value is -1.42. The molecular formula is C10H15N3O. The first-order chi connectivity index (χ1) is 6.63. The number of anilines is 1. The highest BCUT2D eigenvalue weighted by Gasteiger charge is 2.11. The van der Waals surface area contributed by atoms with Gasteiger partial charge < -0.3 is 11.1 Å². The number of hydrogen-bond donors (Lipinski definition) is 2. The van der Waals surface area contributed by atoms with Crippen LogP contribution in [0.25, 0.3) is 0 Å². The molecule has 0 aliphatic heterocycles. The minimum Gasteiger partial charge on any atom is -0.384 e. The number of rotatable bonds is 4. The Labute approximate surface area is 83.5 Å². The monoisotopic (exact) mass is 193 g/mol. The third-order valence-electron chi connectivity index (χ3n) is 2.13. The molecule has 0 amide bonds. The van der Waals surface area contributed by atoms with Gasteiger partial charge in [0.25, 0.3) is 0 Å². The highest BCUT2D eigenvalue weighted by molar-refractivity contribution is 5.81. The van der Waals surface area contributed by atoms with Crippen LogP contribution < -0.4 is 11.1 Å². The summed E-state index contributed by atoms with van der Waals surface area (Å²) in [6.07, 6.45) is 2.35. The second kappa shape index (κ2) is 4.72.